The van der Waals surface area contributed by atoms with E-state index in [4.69, 9.17) is 9.97 Å². The van der Waals surface area contributed by atoms with E-state index in [-0.39, 0.29) is 0 Å². The fraction of sp³-hybridized carbons (Fsp3) is 0. The lowest BCUT2D eigenvalue weighted by molar-refractivity contribution is 1.29. The zero-order chi connectivity index (χ0) is 27.9. The maximum absolute atomic E-state index is 5.06. The van der Waals surface area contributed by atoms with Crippen LogP contribution in [0.1, 0.15) is 0 Å². The van der Waals surface area contributed by atoms with Crippen LogP contribution in [0.5, 0.6) is 0 Å². The zero-order valence-corrected chi connectivity index (χ0v) is 22.8. The van der Waals surface area contributed by atoms with Crippen molar-refractivity contribution in [1.29, 1.82) is 0 Å². The number of hydrogen-bond acceptors (Lipinski definition) is 3. The quantitative estimate of drug-likeness (QED) is 0.211. The molecule has 42 heavy (non-hydrogen) atoms. The van der Waals surface area contributed by atoms with Crippen LogP contribution < -0.4 is 0 Å². The van der Waals surface area contributed by atoms with Gasteiger partial charge in [-0.1, -0.05) is 115 Å². The monoisotopic (exact) mass is 535 g/mol. The molecule has 0 N–H and O–H groups in total. The van der Waals surface area contributed by atoms with E-state index in [0.717, 1.165) is 50.0 Å². The van der Waals surface area contributed by atoms with Crippen LogP contribution in [-0.2, 0) is 0 Å². The van der Waals surface area contributed by atoms with Gasteiger partial charge < -0.3 is 0 Å². The summed E-state index contributed by atoms with van der Waals surface area (Å²) in [5, 5.41) is 3.53. The highest BCUT2D eigenvalue weighted by Crippen LogP contribution is 2.37. The van der Waals surface area contributed by atoms with Gasteiger partial charge in [-0.05, 0) is 58.0 Å². The summed E-state index contributed by atoms with van der Waals surface area (Å²) in [4.78, 5) is 14.8. The van der Waals surface area contributed by atoms with Crippen molar-refractivity contribution < 1.29 is 0 Å². The summed E-state index contributed by atoms with van der Waals surface area (Å²) in [6, 6.07) is 50.8. The molecule has 6 aromatic carbocycles. The first-order valence-corrected chi connectivity index (χ1v) is 14.1. The van der Waals surface area contributed by atoms with E-state index in [0.29, 0.717) is 0 Å². The Labute approximate surface area is 243 Å². The van der Waals surface area contributed by atoms with Gasteiger partial charge >= 0.3 is 0 Å². The molecule has 0 saturated heterocycles. The van der Waals surface area contributed by atoms with Crippen LogP contribution >= 0.6 is 0 Å². The standard InChI is InChI=1S/C39H25N3/c1-2-10-27(11-3-1)38-39(42-36-18-7-6-17-35(36)41-38)28-21-19-26(20-22-28)29-12-8-13-30(24-29)34-25-31-14-9-23-40-37(31)33-16-5-4-15-32(33)34/h1-25H. The third-order valence-corrected chi connectivity index (χ3v) is 7.89. The van der Waals surface area contributed by atoms with Gasteiger partial charge in [-0.3, -0.25) is 4.98 Å². The molecule has 0 radical (unpaired) electrons. The fourth-order valence-corrected chi connectivity index (χ4v) is 5.84. The summed E-state index contributed by atoms with van der Waals surface area (Å²) in [7, 11) is 0. The minimum Gasteiger partial charge on any atom is -0.256 e. The lowest BCUT2D eigenvalue weighted by Gasteiger charge is -2.13. The van der Waals surface area contributed by atoms with Gasteiger partial charge in [0.05, 0.1) is 27.9 Å². The molecular formula is C39H25N3. The van der Waals surface area contributed by atoms with Crippen molar-refractivity contribution in [3.8, 4) is 44.8 Å². The summed E-state index contributed by atoms with van der Waals surface area (Å²) < 4.78 is 0. The van der Waals surface area contributed by atoms with Crippen molar-refractivity contribution in [1.82, 2.24) is 15.0 Å². The van der Waals surface area contributed by atoms with Gasteiger partial charge in [0, 0.05) is 28.1 Å². The third-order valence-electron chi connectivity index (χ3n) is 7.89. The Morgan fingerprint density at radius 1 is 0.381 bits per heavy atom. The Bertz CT molecular complexity index is 2240. The fourth-order valence-electron chi connectivity index (χ4n) is 5.84. The van der Waals surface area contributed by atoms with E-state index in [1.165, 1.54) is 27.5 Å². The summed E-state index contributed by atoms with van der Waals surface area (Å²) in [6.45, 7) is 0. The Morgan fingerprint density at radius 3 is 1.74 bits per heavy atom. The molecule has 8 aromatic rings. The minimum atomic E-state index is 0.886. The van der Waals surface area contributed by atoms with E-state index in [1.807, 2.05) is 54.7 Å². The second kappa shape index (κ2) is 10.1. The summed E-state index contributed by atoms with van der Waals surface area (Å²) in [6.07, 6.45) is 1.87. The summed E-state index contributed by atoms with van der Waals surface area (Å²) in [5.41, 5.74) is 11.4. The molecule has 0 unspecified atom stereocenters. The maximum Gasteiger partial charge on any atom is 0.0973 e. The van der Waals surface area contributed by atoms with Gasteiger partial charge in [-0.2, -0.15) is 0 Å². The number of para-hydroxylation sites is 2. The number of hydrogen-bond donors (Lipinski definition) is 0. The highest BCUT2D eigenvalue weighted by molar-refractivity contribution is 6.12. The Balaban J connectivity index is 1.22. The SMILES string of the molecule is c1ccc(-c2nc3ccccc3nc2-c2ccc(-c3cccc(-c4cc5cccnc5c5ccccc45)c3)cc2)cc1. The molecule has 196 valence electrons. The lowest BCUT2D eigenvalue weighted by atomic mass is 9.93. The number of pyridine rings is 1. The van der Waals surface area contributed by atoms with E-state index in [9.17, 15) is 0 Å². The smallest absolute Gasteiger partial charge is 0.0973 e. The van der Waals surface area contributed by atoms with Gasteiger partial charge in [0.1, 0.15) is 0 Å². The number of aromatic nitrogens is 3. The first-order chi connectivity index (χ1) is 20.8. The maximum atomic E-state index is 5.06. The van der Waals surface area contributed by atoms with Crippen molar-refractivity contribution in [3.05, 3.63) is 152 Å². The van der Waals surface area contributed by atoms with Crippen molar-refractivity contribution in [2.24, 2.45) is 0 Å². The topological polar surface area (TPSA) is 38.7 Å². The van der Waals surface area contributed by atoms with Gasteiger partial charge in [-0.25, -0.2) is 9.97 Å². The van der Waals surface area contributed by atoms with E-state index < -0.39 is 0 Å². The summed E-state index contributed by atoms with van der Waals surface area (Å²) in [5.74, 6) is 0. The van der Waals surface area contributed by atoms with Gasteiger partial charge in [0.2, 0.25) is 0 Å². The number of nitrogens with zero attached hydrogens (tertiary/aromatic N) is 3. The van der Waals surface area contributed by atoms with E-state index >= 15 is 0 Å². The molecule has 8 rings (SSSR count). The molecule has 0 atom stereocenters. The average molecular weight is 536 g/mol. The molecule has 3 nitrogen and oxygen atoms in total. The van der Waals surface area contributed by atoms with Crippen LogP contribution in [0.2, 0.25) is 0 Å². The molecule has 3 heteroatoms. The van der Waals surface area contributed by atoms with Gasteiger partial charge in [-0.15, -0.1) is 0 Å². The molecule has 0 amide bonds. The van der Waals surface area contributed by atoms with Gasteiger partial charge in [0.15, 0.2) is 0 Å². The second-order valence-corrected chi connectivity index (χ2v) is 10.5. The Hall–Kier alpha value is -5.67. The Morgan fingerprint density at radius 2 is 0.976 bits per heavy atom. The molecule has 0 saturated carbocycles. The lowest BCUT2D eigenvalue weighted by Crippen LogP contribution is -1.95. The van der Waals surface area contributed by atoms with Crippen LogP contribution in [0.25, 0.3) is 77.5 Å². The number of benzene rings is 6. The molecule has 2 aromatic heterocycles. The number of fused-ring (bicyclic) bond motifs is 4. The van der Waals surface area contributed by atoms with Crippen LogP contribution in [0.4, 0.5) is 0 Å². The van der Waals surface area contributed by atoms with Crippen molar-refractivity contribution >= 4 is 32.7 Å². The first-order valence-electron chi connectivity index (χ1n) is 14.1. The predicted octanol–water partition coefficient (Wildman–Crippen LogP) is 10.00. The van der Waals surface area contributed by atoms with Gasteiger partial charge in [0.25, 0.3) is 0 Å². The zero-order valence-electron chi connectivity index (χ0n) is 22.8. The first kappa shape index (κ1) is 24.2. The highest BCUT2D eigenvalue weighted by atomic mass is 14.8. The Kier molecular flexibility index (Phi) is 5.79. The molecule has 0 aliphatic heterocycles. The average Bonchev–Trinajstić information content (AvgIpc) is 3.08. The third kappa shape index (κ3) is 4.20. The highest BCUT2D eigenvalue weighted by Gasteiger charge is 2.14. The van der Waals surface area contributed by atoms with E-state index in [2.05, 4.69) is 102 Å². The van der Waals surface area contributed by atoms with E-state index in [1.54, 1.807) is 0 Å². The largest absolute Gasteiger partial charge is 0.256 e. The molecule has 0 bridgehead atoms. The van der Waals surface area contributed by atoms with Crippen LogP contribution in [0, 0.1) is 0 Å². The van der Waals surface area contributed by atoms with Crippen molar-refractivity contribution in [2.75, 3.05) is 0 Å². The molecule has 0 fully saturated rings. The van der Waals surface area contributed by atoms with Crippen molar-refractivity contribution in [2.45, 2.75) is 0 Å². The van der Waals surface area contributed by atoms with Crippen LogP contribution in [-0.4, -0.2) is 15.0 Å². The van der Waals surface area contributed by atoms with Crippen LogP contribution in [0.3, 0.4) is 0 Å². The minimum absolute atomic E-state index is 0.886. The van der Waals surface area contributed by atoms with Crippen molar-refractivity contribution in [3.63, 3.8) is 0 Å². The normalized spacial score (nSPS) is 11.3. The molecular weight excluding hydrogens is 510 g/mol. The summed E-state index contributed by atoms with van der Waals surface area (Å²) >= 11 is 0. The predicted molar refractivity (Wildman–Crippen MR) is 174 cm³/mol. The number of rotatable bonds is 4. The molecule has 2 heterocycles. The molecule has 0 aliphatic carbocycles. The second-order valence-electron chi connectivity index (χ2n) is 10.5. The van der Waals surface area contributed by atoms with Crippen LogP contribution in [0.15, 0.2) is 152 Å². The molecule has 0 spiro atoms. The molecule has 0 aliphatic rings.